The van der Waals surface area contributed by atoms with Crippen LogP contribution in [0.1, 0.15) is 47.9 Å². The van der Waals surface area contributed by atoms with Crippen LogP contribution >= 0.6 is 0 Å². The first-order valence-corrected chi connectivity index (χ1v) is 5.66. The minimum atomic E-state index is -0.471. The molecule has 0 aliphatic rings. The number of Topliss-reactive ketones (excluding diaryl/α,β-unsaturated/α-hetero) is 1. The summed E-state index contributed by atoms with van der Waals surface area (Å²) in [6, 6.07) is 6.77. The van der Waals surface area contributed by atoms with Gasteiger partial charge >= 0.3 is 5.97 Å². The maximum absolute atomic E-state index is 12.3. The van der Waals surface area contributed by atoms with Crippen molar-refractivity contribution in [1.82, 2.24) is 0 Å². The van der Waals surface area contributed by atoms with Crippen LogP contribution in [0.3, 0.4) is 0 Å². The molecule has 0 aliphatic heterocycles. The Morgan fingerprint density at radius 3 is 2.18 bits per heavy atom. The van der Waals surface area contributed by atoms with Crippen LogP contribution < -0.4 is 0 Å². The van der Waals surface area contributed by atoms with Gasteiger partial charge < -0.3 is 4.74 Å². The lowest BCUT2D eigenvalue weighted by molar-refractivity contribution is 0.0594. The highest BCUT2D eigenvalue weighted by atomic mass is 16.5. The quantitative estimate of drug-likeness (QED) is 0.594. The van der Waals surface area contributed by atoms with E-state index < -0.39 is 11.4 Å². The molecule has 1 rings (SSSR count). The molecule has 0 bridgehead atoms. The maximum Gasteiger partial charge on any atom is 0.338 e. The van der Waals surface area contributed by atoms with Crippen LogP contribution in [0, 0.1) is 5.41 Å². The van der Waals surface area contributed by atoms with Gasteiger partial charge in [0.1, 0.15) is 0 Å². The van der Waals surface area contributed by atoms with E-state index in [1.807, 2.05) is 20.8 Å². The van der Waals surface area contributed by atoms with Crippen molar-refractivity contribution in [2.45, 2.75) is 27.2 Å². The lowest BCUT2D eigenvalue weighted by Gasteiger charge is -2.21. The van der Waals surface area contributed by atoms with Gasteiger partial charge in [-0.1, -0.05) is 39.0 Å². The Morgan fingerprint density at radius 2 is 1.71 bits per heavy atom. The third kappa shape index (κ3) is 2.73. The molecule has 0 fully saturated rings. The van der Waals surface area contributed by atoms with E-state index in [-0.39, 0.29) is 5.78 Å². The van der Waals surface area contributed by atoms with Crippen molar-refractivity contribution < 1.29 is 14.3 Å². The number of hydrogen-bond donors (Lipinski definition) is 0. The number of ketones is 1. The Hall–Kier alpha value is -1.64. The molecule has 0 heterocycles. The number of methoxy groups -OCH3 is 1. The van der Waals surface area contributed by atoms with Crippen molar-refractivity contribution in [2.24, 2.45) is 5.41 Å². The van der Waals surface area contributed by atoms with E-state index in [1.54, 1.807) is 24.3 Å². The van der Waals surface area contributed by atoms with Gasteiger partial charge in [0, 0.05) is 11.0 Å². The summed E-state index contributed by atoms with van der Waals surface area (Å²) in [5.74, 6) is -0.498. The number of esters is 1. The molecule has 0 aromatic heterocycles. The van der Waals surface area contributed by atoms with Gasteiger partial charge in [-0.3, -0.25) is 4.79 Å². The second-order valence-corrected chi connectivity index (χ2v) is 4.60. The first-order valence-electron chi connectivity index (χ1n) is 5.66. The SMILES string of the molecule is CCC(C)(C)C(=O)c1ccccc1C(=O)OC. The molecule has 0 radical (unpaired) electrons. The molecule has 92 valence electrons. The molecule has 0 amide bonds. The normalized spacial score (nSPS) is 11.1. The van der Waals surface area contributed by atoms with Gasteiger partial charge in [0.25, 0.3) is 0 Å². The van der Waals surface area contributed by atoms with Crippen LogP contribution in [0.5, 0.6) is 0 Å². The monoisotopic (exact) mass is 234 g/mol. The van der Waals surface area contributed by atoms with Crippen LogP contribution in [-0.2, 0) is 4.74 Å². The highest BCUT2D eigenvalue weighted by molar-refractivity contribution is 6.08. The maximum atomic E-state index is 12.3. The van der Waals surface area contributed by atoms with Gasteiger partial charge in [-0.2, -0.15) is 0 Å². The van der Waals surface area contributed by atoms with Gasteiger partial charge in [-0.25, -0.2) is 4.79 Å². The fourth-order valence-electron chi connectivity index (χ4n) is 1.49. The Labute approximate surface area is 102 Å². The molecule has 0 atom stereocenters. The van der Waals surface area contributed by atoms with Crippen LogP contribution in [0.25, 0.3) is 0 Å². The molecule has 1 aromatic rings. The fraction of sp³-hybridized carbons (Fsp3) is 0.429. The van der Waals surface area contributed by atoms with E-state index in [1.165, 1.54) is 7.11 Å². The Morgan fingerprint density at radius 1 is 1.18 bits per heavy atom. The molecular weight excluding hydrogens is 216 g/mol. The fourth-order valence-corrected chi connectivity index (χ4v) is 1.49. The number of carbonyl (C=O) groups excluding carboxylic acids is 2. The lowest BCUT2D eigenvalue weighted by atomic mass is 9.80. The smallest absolute Gasteiger partial charge is 0.338 e. The van der Waals surface area contributed by atoms with Crippen molar-refractivity contribution in [2.75, 3.05) is 7.11 Å². The third-order valence-electron chi connectivity index (χ3n) is 3.08. The van der Waals surface area contributed by atoms with E-state index in [9.17, 15) is 9.59 Å². The molecule has 3 heteroatoms. The summed E-state index contributed by atoms with van der Waals surface area (Å²) >= 11 is 0. The van der Waals surface area contributed by atoms with Crippen LogP contribution in [0.4, 0.5) is 0 Å². The summed E-state index contributed by atoms with van der Waals surface area (Å²) in [7, 11) is 1.31. The van der Waals surface area contributed by atoms with Crippen molar-refractivity contribution in [1.29, 1.82) is 0 Å². The molecule has 0 spiro atoms. The molecule has 0 saturated carbocycles. The van der Waals surface area contributed by atoms with Gasteiger partial charge in [0.15, 0.2) is 5.78 Å². The minimum Gasteiger partial charge on any atom is -0.465 e. The Kier molecular flexibility index (Phi) is 4.05. The van der Waals surface area contributed by atoms with Crippen molar-refractivity contribution in [3.05, 3.63) is 35.4 Å². The Balaban J connectivity index is 3.23. The molecule has 0 N–H and O–H groups in total. The van der Waals surface area contributed by atoms with Crippen molar-refractivity contribution in [3.63, 3.8) is 0 Å². The molecule has 0 unspecified atom stereocenters. The molecule has 1 aromatic carbocycles. The molecular formula is C14H18O3. The minimum absolute atomic E-state index is 0.0269. The topological polar surface area (TPSA) is 43.4 Å². The van der Waals surface area contributed by atoms with Crippen LogP contribution in [0.2, 0.25) is 0 Å². The first kappa shape index (κ1) is 13.4. The second kappa shape index (κ2) is 5.13. The van der Waals surface area contributed by atoms with Crippen molar-refractivity contribution >= 4 is 11.8 Å². The van der Waals surface area contributed by atoms with Gasteiger partial charge in [-0.15, -0.1) is 0 Å². The summed E-state index contributed by atoms with van der Waals surface area (Å²) in [5.41, 5.74) is 0.303. The number of carbonyl (C=O) groups is 2. The largest absolute Gasteiger partial charge is 0.465 e. The van der Waals surface area contributed by atoms with E-state index in [2.05, 4.69) is 4.74 Å². The van der Waals surface area contributed by atoms with E-state index in [0.717, 1.165) is 6.42 Å². The van der Waals surface area contributed by atoms with Gasteiger partial charge in [0.2, 0.25) is 0 Å². The highest BCUT2D eigenvalue weighted by Crippen LogP contribution is 2.27. The summed E-state index contributed by atoms with van der Waals surface area (Å²) in [6.07, 6.45) is 0.724. The summed E-state index contributed by atoms with van der Waals surface area (Å²) in [6.45, 7) is 5.71. The molecule has 17 heavy (non-hydrogen) atoms. The predicted octanol–water partition coefficient (Wildman–Crippen LogP) is 3.09. The average Bonchev–Trinajstić information content (AvgIpc) is 2.36. The number of rotatable bonds is 4. The summed E-state index contributed by atoms with van der Waals surface area (Å²) in [4.78, 5) is 23.9. The Bertz CT molecular complexity index is 433. The number of ether oxygens (including phenoxy) is 1. The molecule has 0 aliphatic carbocycles. The molecule has 3 nitrogen and oxygen atoms in total. The van der Waals surface area contributed by atoms with Crippen LogP contribution in [0.15, 0.2) is 24.3 Å². The standard InChI is InChI=1S/C14H18O3/c1-5-14(2,3)12(15)10-8-6-7-9-11(10)13(16)17-4/h6-9H,5H2,1-4H3. The summed E-state index contributed by atoms with van der Waals surface area (Å²) < 4.78 is 4.68. The lowest BCUT2D eigenvalue weighted by Crippen LogP contribution is -2.25. The van der Waals surface area contributed by atoms with E-state index >= 15 is 0 Å². The zero-order valence-corrected chi connectivity index (χ0v) is 10.7. The van der Waals surface area contributed by atoms with E-state index in [4.69, 9.17) is 0 Å². The first-order chi connectivity index (χ1) is 7.94. The van der Waals surface area contributed by atoms with Crippen molar-refractivity contribution in [3.8, 4) is 0 Å². The predicted molar refractivity (Wildman–Crippen MR) is 66.2 cm³/mol. The van der Waals surface area contributed by atoms with Gasteiger partial charge in [0.05, 0.1) is 12.7 Å². The number of hydrogen-bond acceptors (Lipinski definition) is 3. The second-order valence-electron chi connectivity index (χ2n) is 4.60. The third-order valence-corrected chi connectivity index (χ3v) is 3.08. The van der Waals surface area contributed by atoms with E-state index in [0.29, 0.717) is 11.1 Å². The average molecular weight is 234 g/mol. The van der Waals surface area contributed by atoms with Gasteiger partial charge in [-0.05, 0) is 12.5 Å². The molecule has 0 saturated heterocycles. The zero-order chi connectivity index (χ0) is 13.1. The summed E-state index contributed by atoms with van der Waals surface area (Å²) in [5, 5.41) is 0. The zero-order valence-electron chi connectivity index (χ0n) is 10.7. The highest BCUT2D eigenvalue weighted by Gasteiger charge is 2.29. The number of benzene rings is 1. The van der Waals surface area contributed by atoms with Crippen LogP contribution in [-0.4, -0.2) is 18.9 Å².